The molecule has 384 valence electrons. The highest BCUT2D eigenvalue weighted by Crippen LogP contribution is 2.16. The number of esters is 3. The second kappa shape index (κ2) is 55.0. The van der Waals surface area contributed by atoms with E-state index in [0.717, 1.165) is 83.5 Å². The Kier molecular flexibility index (Phi) is 52.8. The fourth-order valence-electron chi connectivity index (χ4n) is 8.32. The van der Waals surface area contributed by atoms with Crippen LogP contribution in [0, 0.1) is 0 Å². The summed E-state index contributed by atoms with van der Waals surface area (Å²) in [5.41, 5.74) is 0. The lowest BCUT2D eigenvalue weighted by Crippen LogP contribution is -2.30. The number of carbonyl (C=O) groups is 3. The molecule has 0 rings (SSSR count). The summed E-state index contributed by atoms with van der Waals surface area (Å²) in [6.45, 7) is 6.52. The molecule has 0 spiro atoms. The standard InChI is InChI=1S/C60H108O6/c1-4-7-10-13-16-19-22-25-27-29-30-31-33-35-38-41-44-47-50-53-59(62)65-56-57(55-64-58(61)52-49-46-43-40-37-34-24-21-18-15-12-9-6-3)66-60(63)54-51-48-45-42-39-36-32-28-26-23-20-17-14-11-8-5-2/h9,12,15,18,21,24,29-30,57H,4-8,10-11,13-14,16-17,19-20,22-23,25-28,31-56H2,1-3H3/b12-9-,18-15-,24-21-,30-29-. The highest BCUT2D eigenvalue weighted by atomic mass is 16.6. The quantitative estimate of drug-likeness (QED) is 0.0199. The molecule has 0 radical (unpaired) electrons. The Balaban J connectivity index is 4.34. The monoisotopic (exact) mass is 925 g/mol. The summed E-state index contributed by atoms with van der Waals surface area (Å²) in [6, 6.07) is 0. The molecule has 0 aliphatic heterocycles. The first kappa shape index (κ1) is 63.4. The van der Waals surface area contributed by atoms with Crippen LogP contribution in [0.3, 0.4) is 0 Å². The Morgan fingerprint density at radius 3 is 0.955 bits per heavy atom. The Labute approximate surface area is 409 Å². The average Bonchev–Trinajstić information content (AvgIpc) is 3.31. The van der Waals surface area contributed by atoms with Crippen LogP contribution in [0.4, 0.5) is 0 Å². The fraction of sp³-hybridized carbons (Fsp3) is 0.817. The molecule has 0 aromatic carbocycles. The molecule has 0 aromatic rings. The first-order valence-corrected chi connectivity index (χ1v) is 28.7. The summed E-state index contributed by atoms with van der Waals surface area (Å²) < 4.78 is 16.8. The van der Waals surface area contributed by atoms with Crippen molar-refractivity contribution < 1.29 is 28.6 Å². The maximum absolute atomic E-state index is 12.8. The predicted octanol–water partition coefficient (Wildman–Crippen LogP) is 19.0. The first-order valence-electron chi connectivity index (χ1n) is 28.7. The van der Waals surface area contributed by atoms with Gasteiger partial charge in [-0.05, 0) is 64.2 Å². The van der Waals surface area contributed by atoms with E-state index < -0.39 is 6.10 Å². The van der Waals surface area contributed by atoms with E-state index in [4.69, 9.17) is 14.2 Å². The van der Waals surface area contributed by atoms with Gasteiger partial charge in [0.15, 0.2) is 6.10 Å². The molecule has 1 atom stereocenters. The summed E-state index contributed by atoms with van der Waals surface area (Å²) in [5, 5.41) is 0. The van der Waals surface area contributed by atoms with E-state index in [-0.39, 0.29) is 31.1 Å². The van der Waals surface area contributed by atoms with Crippen molar-refractivity contribution in [3.05, 3.63) is 48.6 Å². The number of ether oxygens (including phenoxy) is 3. The van der Waals surface area contributed by atoms with Gasteiger partial charge in [-0.3, -0.25) is 14.4 Å². The number of carbonyl (C=O) groups excluding carboxylic acids is 3. The van der Waals surface area contributed by atoms with Crippen molar-refractivity contribution in [2.45, 2.75) is 303 Å². The number of hydrogen-bond acceptors (Lipinski definition) is 6. The van der Waals surface area contributed by atoms with Crippen molar-refractivity contribution in [3.8, 4) is 0 Å². The number of allylic oxidation sites excluding steroid dienone is 8. The van der Waals surface area contributed by atoms with Crippen molar-refractivity contribution in [1.29, 1.82) is 0 Å². The van der Waals surface area contributed by atoms with E-state index in [0.29, 0.717) is 19.3 Å². The minimum Gasteiger partial charge on any atom is -0.462 e. The van der Waals surface area contributed by atoms with Crippen LogP contribution >= 0.6 is 0 Å². The van der Waals surface area contributed by atoms with Gasteiger partial charge in [0.2, 0.25) is 0 Å². The van der Waals surface area contributed by atoms with Crippen LogP contribution in [0.1, 0.15) is 297 Å². The van der Waals surface area contributed by atoms with E-state index >= 15 is 0 Å². The maximum atomic E-state index is 12.8. The average molecular weight is 926 g/mol. The predicted molar refractivity (Wildman–Crippen MR) is 284 cm³/mol. The van der Waals surface area contributed by atoms with Crippen molar-refractivity contribution >= 4 is 17.9 Å². The number of unbranched alkanes of at least 4 members (excludes halogenated alkanes) is 35. The van der Waals surface area contributed by atoms with Crippen LogP contribution in [0.2, 0.25) is 0 Å². The Bertz CT molecular complexity index is 1150. The maximum Gasteiger partial charge on any atom is 0.306 e. The van der Waals surface area contributed by atoms with E-state index in [1.54, 1.807) is 0 Å². The normalized spacial score (nSPS) is 12.3. The molecule has 0 aliphatic carbocycles. The van der Waals surface area contributed by atoms with Gasteiger partial charge in [-0.25, -0.2) is 0 Å². The Morgan fingerprint density at radius 1 is 0.318 bits per heavy atom. The molecule has 6 heteroatoms. The van der Waals surface area contributed by atoms with E-state index in [1.807, 2.05) is 0 Å². The van der Waals surface area contributed by atoms with Gasteiger partial charge in [0.05, 0.1) is 0 Å². The summed E-state index contributed by atoms with van der Waals surface area (Å²) in [4.78, 5) is 38.1. The van der Waals surface area contributed by atoms with E-state index in [1.165, 1.54) is 173 Å². The lowest BCUT2D eigenvalue weighted by molar-refractivity contribution is -0.167. The van der Waals surface area contributed by atoms with Crippen molar-refractivity contribution in [3.63, 3.8) is 0 Å². The molecule has 0 aromatic heterocycles. The van der Waals surface area contributed by atoms with Crippen LogP contribution in [-0.2, 0) is 28.6 Å². The summed E-state index contributed by atoms with van der Waals surface area (Å²) in [6.07, 6.45) is 66.7. The van der Waals surface area contributed by atoms with Crippen LogP contribution in [0.25, 0.3) is 0 Å². The number of hydrogen-bond donors (Lipinski definition) is 0. The van der Waals surface area contributed by atoms with Crippen LogP contribution in [-0.4, -0.2) is 37.2 Å². The third kappa shape index (κ3) is 52.3. The van der Waals surface area contributed by atoms with Gasteiger partial charge in [-0.15, -0.1) is 0 Å². The molecule has 0 heterocycles. The second-order valence-electron chi connectivity index (χ2n) is 19.2. The Morgan fingerprint density at radius 2 is 0.606 bits per heavy atom. The van der Waals surface area contributed by atoms with Gasteiger partial charge in [0, 0.05) is 19.3 Å². The molecule has 0 saturated carbocycles. The minimum absolute atomic E-state index is 0.0793. The molecule has 6 nitrogen and oxygen atoms in total. The van der Waals surface area contributed by atoms with Crippen molar-refractivity contribution in [2.24, 2.45) is 0 Å². The molecule has 0 aliphatic rings. The largest absolute Gasteiger partial charge is 0.462 e. The minimum atomic E-state index is -0.781. The molecule has 0 N–H and O–H groups in total. The highest BCUT2D eigenvalue weighted by Gasteiger charge is 2.19. The van der Waals surface area contributed by atoms with Gasteiger partial charge < -0.3 is 14.2 Å². The third-order valence-corrected chi connectivity index (χ3v) is 12.6. The van der Waals surface area contributed by atoms with Gasteiger partial charge in [0.1, 0.15) is 13.2 Å². The summed E-state index contributed by atoms with van der Waals surface area (Å²) in [5.74, 6) is -0.890. The molecule has 66 heavy (non-hydrogen) atoms. The van der Waals surface area contributed by atoms with Gasteiger partial charge in [-0.1, -0.05) is 262 Å². The van der Waals surface area contributed by atoms with Gasteiger partial charge in [-0.2, -0.15) is 0 Å². The molecule has 0 saturated heterocycles. The molecule has 1 unspecified atom stereocenters. The molecular formula is C60H108O6. The lowest BCUT2D eigenvalue weighted by atomic mass is 10.0. The zero-order chi connectivity index (χ0) is 47.9. The third-order valence-electron chi connectivity index (χ3n) is 12.6. The van der Waals surface area contributed by atoms with E-state index in [2.05, 4.69) is 69.4 Å². The summed E-state index contributed by atoms with van der Waals surface area (Å²) >= 11 is 0. The highest BCUT2D eigenvalue weighted by molar-refractivity contribution is 5.71. The molecule has 0 fully saturated rings. The van der Waals surface area contributed by atoms with Crippen LogP contribution in [0.15, 0.2) is 48.6 Å². The Hall–Kier alpha value is -2.63. The van der Waals surface area contributed by atoms with Crippen molar-refractivity contribution in [2.75, 3.05) is 13.2 Å². The van der Waals surface area contributed by atoms with E-state index in [9.17, 15) is 14.4 Å². The second-order valence-corrected chi connectivity index (χ2v) is 19.2. The van der Waals surface area contributed by atoms with Gasteiger partial charge >= 0.3 is 17.9 Å². The fourth-order valence-corrected chi connectivity index (χ4v) is 8.32. The topological polar surface area (TPSA) is 78.9 Å². The van der Waals surface area contributed by atoms with Crippen LogP contribution < -0.4 is 0 Å². The van der Waals surface area contributed by atoms with Crippen molar-refractivity contribution in [1.82, 2.24) is 0 Å². The lowest BCUT2D eigenvalue weighted by Gasteiger charge is -2.18. The number of rotatable bonds is 52. The smallest absolute Gasteiger partial charge is 0.306 e. The summed E-state index contributed by atoms with van der Waals surface area (Å²) in [7, 11) is 0. The van der Waals surface area contributed by atoms with Crippen LogP contribution in [0.5, 0.6) is 0 Å². The van der Waals surface area contributed by atoms with Gasteiger partial charge in [0.25, 0.3) is 0 Å². The first-order chi connectivity index (χ1) is 32.5. The molecule has 0 amide bonds. The molecule has 0 bridgehead atoms. The zero-order valence-corrected chi connectivity index (χ0v) is 44.0. The SMILES string of the molecule is CC\C=C/C=C\C=C/CCCCCCCC(=O)OCC(COC(=O)CCCCCCCCC/C=C\CCCCCCCCCC)OC(=O)CCCCCCCCCCCCCCCCCC. The molecular weight excluding hydrogens is 817 g/mol. The zero-order valence-electron chi connectivity index (χ0n) is 44.0.